The molecular weight excluding hydrogens is 448 g/mol. The first-order chi connectivity index (χ1) is 16.5. The molecule has 1 atom stereocenters. The van der Waals surface area contributed by atoms with E-state index in [0.717, 1.165) is 17.7 Å². The quantitative estimate of drug-likeness (QED) is 0.493. The van der Waals surface area contributed by atoms with E-state index in [2.05, 4.69) is 10.3 Å². The fraction of sp³-hybridized carbons (Fsp3) is 0.231. The van der Waals surface area contributed by atoms with Crippen molar-refractivity contribution in [2.45, 2.75) is 25.8 Å². The van der Waals surface area contributed by atoms with Crippen LogP contribution in [0.2, 0.25) is 0 Å². The third kappa shape index (κ3) is 5.77. The highest BCUT2D eigenvalue weighted by molar-refractivity contribution is 7.14. The van der Waals surface area contributed by atoms with Crippen molar-refractivity contribution in [3.05, 3.63) is 83.4 Å². The van der Waals surface area contributed by atoms with Gasteiger partial charge in [0, 0.05) is 37.9 Å². The molecule has 0 bridgehead atoms. The Kier molecular flexibility index (Phi) is 7.49. The van der Waals surface area contributed by atoms with Gasteiger partial charge in [0.2, 0.25) is 17.7 Å². The number of hydrogen-bond acceptors (Lipinski definition) is 5. The minimum atomic E-state index is -0.308. The fourth-order valence-corrected chi connectivity index (χ4v) is 4.73. The normalized spacial score (nSPS) is 14.4. The van der Waals surface area contributed by atoms with Gasteiger partial charge in [0.1, 0.15) is 0 Å². The van der Waals surface area contributed by atoms with E-state index in [4.69, 9.17) is 0 Å². The zero-order chi connectivity index (χ0) is 23.9. The summed E-state index contributed by atoms with van der Waals surface area (Å²) in [6.07, 6.45) is 4.46. The summed E-state index contributed by atoms with van der Waals surface area (Å²) in [6, 6.07) is 18.6. The molecule has 7 nitrogen and oxygen atoms in total. The SMILES string of the molecule is CC(=O)N(c1ccccc1)c1nc(/C=C/C(=O)NC(CN2CCCC2=O)c2ccccc2)cs1. The van der Waals surface area contributed by atoms with Crippen LogP contribution in [0.4, 0.5) is 10.8 Å². The minimum absolute atomic E-state index is 0.120. The van der Waals surface area contributed by atoms with E-state index in [-0.39, 0.29) is 23.8 Å². The van der Waals surface area contributed by atoms with E-state index in [9.17, 15) is 14.4 Å². The Morgan fingerprint density at radius 3 is 2.50 bits per heavy atom. The van der Waals surface area contributed by atoms with Gasteiger partial charge in [-0.1, -0.05) is 48.5 Å². The van der Waals surface area contributed by atoms with E-state index in [1.54, 1.807) is 21.3 Å². The zero-order valence-corrected chi connectivity index (χ0v) is 19.7. The number of amides is 3. The van der Waals surface area contributed by atoms with Crippen LogP contribution in [0.1, 0.15) is 37.1 Å². The van der Waals surface area contributed by atoms with Crippen molar-refractivity contribution in [1.29, 1.82) is 0 Å². The molecule has 1 aliphatic heterocycles. The summed E-state index contributed by atoms with van der Waals surface area (Å²) >= 11 is 1.33. The van der Waals surface area contributed by atoms with Crippen molar-refractivity contribution in [2.24, 2.45) is 0 Å². The number of likely N-dealkylation sites (tertiary alicyclic amines) is 1. The highest BCUT2D eigenvalue weighted by Crippen LogP contribution is 2.29. The number of carbonyl (C=O) groups is 3. The maximum absolute atomic E-state index is 12.7. The van der Waals surface area contributed by atoms with Gasteiger partial charge in [0.15, 0.2) is 5.13 Å². The first-order valence-corrected chi connectivity index (χ1v) is 12.0. The van der Waals surface area contributed by atoms with E-state index in [0.29, 0.717) is 30.3 Å². The van der Waals surface area contributed by atoms with Gasteiger partial charge in [-0.2, -0.15) is 0 Å². The molecule has 4 rings (SSSR count). The molecule has 3 amide bonds. The standard InChI is InChI=1S/C26H26N4O3S/c1-19(31)30(22-11-6-3-7-12-22)26-27-21(18-34-26)14-15-24(32)28-23(20-9-4-2-5-10-20)17-29-16-8-13-25(29)33/h2-7,9-12,14-15,18,23H,8,13,16-17H2,1H3,(H,28,32)/b15-14+. The lowest BCUT2D eigenvalue weighted by Gasteiger charge is -2.24. The van der Waals surface area contributed by atoms with Crippen LogP contribution in [0, 0.1) is 0 Å². The number of carbonyl (C=O) groups excluding carboxylic acids is 3. The van der Waals surface area contributed by atoms with Crippen LogP contribution in [0.3, 0.4) is 0 Å². The summed E-state index contributed by atoms with van der Waals surface area (Å²) in [6.45, 7) is 2.64. The van der Waals surface area contributed by atoms with Crippen molar-refractivity contribution in [1.82, 2.24) is 15.2 Å². The highest BCUT2D eigenvalue weighted by atomic mass is 32.1. The number of rotatable bonds is 8. The summed E-state index contributed by atoms with van der Waals surface area (Å²) in [4.78, 5) is 44.9. The van der Waals surface area contributed by atoms with Gasteiger partial charge in [-0.25, -0.2) is 4.98 Å². The van der Waals surface area contributed by atoms with Gasteiger partial charge < -0.3 is 10.2 Å². The highest BCUT2D eigenvalue weighted by Gasteiger charge is 2.25. The van der Waals surface area contributed by atoms with Crippen molar-refractivity contribution < 1.29 is 14.4 Å². The molecule has 0 radical (unpaired) electrons. The van der Waals surface area contributed by atoms with Crippen molar-refractivity contribution in [3.8, 4) is 0 Å². The zero-order valence-electron chi connectivity index (χ0n) is 18.9. The number of para-hydroxylation sites is 1. The number of nitrogens with one attached hydrogen (secondary N) is 1. The third-order valence-electron chi connectivity index (χ3n) is 5.53. The number of anilines is 2. The molecule has 1 unspecified atom stereocenters. The van der Waals surface area contributed by atoms with Gasteiger partial charge in [0.05, 0.1) is 17.4 Å². The average Bonchev–Trinajstić information content (AvgIpc) is 3.47. The molecule has 0 saturated carbocycles. The molecule has 1 aromatic heterocycles. The molecule has 1 aliphatic rings. The maximum Gasteiger partial charge on any atom is 0.244 e. The average molecular weight is 475 g/mol. The van der Waals surface area contributed by atoms with Crippen LogP contribution in [0.5, 0.6) is 0 Å². The van der Waals surface area contributed by atoms with Crippen molar-refractivity contribution in [3.63, 3.8) is 0 Å². The summed E-state index contributed by atoms with van der Waals surface area (Å²) in [7, 11) is 0. The Hall–Kier alpha value is -3.78. The lowest BCUT2D eigenvalue weighted by molar-refractivity contribution is -0.128. The summed E-state index contributed by atoms with van der Waals surface area (Å²) in [5, 5.41) is 5.35. The van der Waals surface area contributed by atoms with Crippen LogP contribution < -0.4 is 10.2 Å². The van der Waals surface area contributed by atoms with Crippen molar-refractivity contribution >= 4 is 46.0 Å². The molecule has 2 aromatic carbocycles. The molecule has 174 valence electrons. The fourth-order valence-electron chi connectivity index (χ4n) is 3.88. The van der Waals surface area contributed by atoms with Gasteiger partial charge in [-0.15, -0.1) is 11.3 Å². The van der Waals surface area contributed by atoms with E-state index >= 15 is 0 Å². The Balaban J connectivity index is 1.45. The topological polar surface area (TPSA) is 82.6 Å². The first-order valence-electron chi connectivity index (χ1n) is 11.1. The Morgan fingerprint density at radius 2 is 1.85 bits per heavy atom. The molecule has 2 heterocycles. The molecule has 34 heavy (non-hydrogen) atoms. The Labute approximate surface area is 202 Å². The monoisotopic (exact) mass is 474 g/mol. The number of aromatic nitrogens is 1. The predicted octanol–water partition coefficient (Wildman–Crippen LogP) is 4.32. The molecule has 1 N–H and O–H groups in total. The van der Waals surface area contributed by atoms with Crippen LogP contribution in [-0.4, -0.2) is 40.7 Å². The summed E-state index contributed by atoms with van der Waals surface area (Å²) in [5.41, 5.74) is 2.27. The molecule has 3 aromatic rings. The first kappa shape index (κ1) is 23.4. The molecule has 1 saturated heterocycles. The summed E-state index contributed by atoms with van der Waals surface area (Å²) < 4.78 is 0. The Morgan fingerprint density at radius 1 is 1.15 bits per heavy atom. The second-order valence-electron chi connectivity index (χ2n) is 7.99. The second-order valence-corrected chi connectivity index (χ2v) is 8.83. The number of hydrogen-bond donors (Lipinski definition) is 1. The smallest absolute Gasteiger partial charge is 0.244 e. The van der Waals surface area contributed by atoms with E-state index < -0.39 is 0 Å². The van der Waals surface area contributed by atoms with E-state index in [1.807, 2.05) is 60.7 Å². The maximum atomic E-state index is 12.7. The van der Waals surface area contributed by atoms with E-state index in [1.165, 1.54) is 24.3 Å². The van der Waals surface area contributed by atoms with Gasteiger partial charge >= 0.3 is 0 Å². The van der Waals surface area contributed by atoms with Gasteiger partial charge in [0.25, 0.3) is 0 Å². The molecule has 0 aliphatic carbocycles. The van der Waals surface area contributed by atoms with Crippen LogP contribution in [0.15, 0.2) is 72.1 Å². The lowest BCUT2D eigenvalue weighted by Crippen LogP contribution is -2.38. The van der Waals surface area contributed by atoms with Crippen LogP contribution >= 0.6 is 11.3 Å². The number of nitrogens with zero attached hydrogens (tertiary/aromatic N) is 3. The van der Waals surface area contributed by atoms with Gasteiger partial charge in [-0.05, 0) is 30.2 Å². The number of benzene rings is 2. The summed E-state index contributed by atoms with van der Waals surface area (Å²) in [5.74, 6) is -0.299. The largest absolute Gasteiger partial charge is 0.344 e. The van der Waals surface area contributed by atoms with Crippen molar-refractivity contribution in [2.75, 3.05) is 18.0 Å². The predicted molar refractivity (Wildman–Crippen MR) is 134 cm³/mol. The molecule has 8 heteroatoms. The third-order valence-corrected chi connectivity index (χ3v) is 6.37. The molecular formula is C26H26N4O3S. The second kappa shape index (κ2) is 10.9. The Bertz CT molecular complexity index is 1180. The molecule has 0 spiro atoms. The lowest BCUT2D eigenvalue weighted by atomic mass is 10.1. The van der Waals surface area contributed by atoms with Crippen LogP contribution in [0.25, 0.3) is 6.08 Å². The van der Waals surface area contributed by atoms with Gasteiger partial charge in [-0.3, -0.25) is 19.3 Å². The van der Waals surface area contributed by atoms with Crippen LogP contribution in [-0.2, 0) is 14.4 Å². The molecule has 1 fully saturated rings. The number of thiazole rings is 1. The minimum Gasteiger partial charge on any atom is -0.344 e.